The number of rotatable bonds is 0. The van der Waals surface area contributed by atoms with E-state index in [2.05, 4.69) is 6.92 Å². The molecule has 2 saturated carbocycles. The maximum Gasteiger partial charge on any atom is 0.0667 e. The van der Waals surface area contributed by atoms with E-state index in [4.69, 9.17) is 5.73 Å². The predicted octanol–water partition coefficient (Wildman–Crippen LogP) is 1.42. The van der Waals surface area contributed by atoms with Gasteiger partial charge in [-0.3, -0.25) is 0 Å². The molecule has 0 saturated heterocycles. The van der Waals surface area contributed by atoms with Crippen LogP contribution >= 0.6 is 0 Å². The van der Waals surface area contributed by atoms with E-state index in [0.717, 1.165) is 38.5 Å². The molecule has 2 aliphatic carbocycles. The molecule has 3 N–H and O–H groups in total. The van der Waals surface area contributed by atoms with Gasteiger partial charge >= 0.3 is 0 Å². The Labute approximate surface area is 74.1 Å². The summed E-state index contributed by atoms with van der Waals surface area (Å²) >= 11 is 0. The summed E-state index contributed by atoms with van der Waals surface area (Å²) in [6, 6.07) is 0. The fourth-order valence-corrected chi connectivity index (χ4v) is 3.36. The van der Waals surface area contributed by atoms with Gasteiger partial charge in [-0.1, -0.05) is 6.92 Å². The molecule has 0 aliphatic heterocycles. The van der Waals surface area contributed by atoms with E-state index < -0.39 is 5.60 Å². The fraction of sp³-hybridized carbons (Fsp3) is 1.00. The largest absolute Gasteiger partial charge is 0.390 e. The van der Waals surface area contributed by atoms with Gasteiger partial charge in [0.1, 0.15) is 0 Å². The molecule has 0 radical (unpaired) electrons. The van der Waals surface area contributed by atoms with Gasteiger partial charge in [-0.25, -0.2) is 0 Å². The maximum absolute atomic E-state index is 10.2. The molecule has 0 heterocycles. The average molecular weight is 169 g/mol. The minimum atomic E-state index is -0.412. The van der Waals surface area contributed by atoms with E-state index >= 15 is 0 Å². The normalized spacial score (nSPS) is 53.8. The van der Waals surface area contributed by atoms with Gasteiger partial charge in [-0.2, -0.15) is 0 Å². The van der Waals surface area contributed by atoms with E-state index in [-0.39, 0.29) is 5.54 Å². The molecule has 3 atom stereocenters. The van der Waals surface area contributed by atoms with Crippen LogP contribution in [0.2, 0.25) is 0 Å². The number of hydrogen-bond acceptors (Lipinski definition) is 2. The van der Waals surface area contributed by atoms with Crippen molar-refractivity contribution in [1.82, 2.24) is 0 Å². The molecule has 2 rings (SSSR count). The standard InChI is InChI=1S/C10H19NO/c1-8-5-9(11)3-2-4-10(12,6-8)7-9/h8,12H,2-7,11H2,1H3. The van der Waals surface area contributed by atoms with Gasteiger partial charge in [0, 0.05) is 5.54 Å². The molecule has 70 valence electrons. The van der Waals surface area contributed by atoms with E-state index in [1.807, 2.05) is 0 Å². The van der Waals surface area contributed by atoms with Crippen molar-refractivity contribution in [2.24, 2.45) is 11.7 Å². The van der Waals surface area contributed by atoms with Gasteiger partial charge in [0.05, 0.1) is 5.60 Å². The summed E-state index contributed by atoms with van der Waals surface area (Å²) in [5.74, 6) is 0.606. The van der Waals surface area contributed by atoms with Crippen LogP contribution in [0.5, 0.6) is 0 Å². The van der Waals surface area contributed by atoms with Crippen molar-refractivity contribution in [3.05, 3.63) is 0 Å². The lowest BCUT2D eigenvalue weighted by molar-refractivity contribution is -0.0731. The SMILES string of the molecule is CC1CC2(N)CCCC(O)(C1)C2. The molecule has 2 aliphatic rings. The summed E-state index contributed by atoms with van der Waals surface area (Å²) in [7, 11) is 0. The van der Waals surface area contributed by atoms with Crippen LogP contribution in [0.15, 0.2) is 0 Å². The lowest BCUT2D eigenvalue weighted by Crippen LogP contribution is -2.56. The molecule has 2 bridgehead atoms. The Kier molecular flexibility index (Phi) is 1.74. The molecule has 0 aromatic carbocycles. The van der Waals surface area contributed by atoms with Crippen LogP contribution in [0.1, 0.15) is 45.4 Å². The summed E-state index contributed by atoms with van der Waals surface area (Å²) < 4.78 is 0. The number of aliphatic hydroxyl groups is 1. The zero-order chi connectivity index (χ0) is 8.82. The van der Waals surface area contributed by atoms with Crippen LogP contribution < -0.4 is 5.73 Å². The molecule has 3 unspecified atom stereocenters. The molecule has 0 aromatic rings. The smallest absolute Gasteiger partial charge is 0.0667 e. The van der Waals surface area contributed by atoms with Crippen molar-refractivity contribution in [2.75, 3.05) is 0 Å². The second kappa shape index (κ2) is 2.46. The van der Waals surface area contributed by atoms with E-state index in [0.29, 0.717) is 5.92 Å². The van der Waals surface area contributed by atoms with Gasteiger partial charge in [0.25, 0.3) is 0 Å². The highest BCUT2D eigenvalue weighted by Gasteiger charge is 2.46. The molecule has 0 amide bonds. The third kappa shape index (κ3) is 1.38. The number of nitrogens with two attached hydrogens (primary N) is 1. The van der Waals surface area contributed by atoms with Gasteiger partial charge in [0.15, 0.2) is 0 Å². The summed E-state index contributed by atoms with van der Waals surface area (Å²) in [4.78, 5) is 0. The van der Waals surface area contributed by atoms with Crippen molar-refractivity contribution in [3.8, 4) is 0 Å². The molecule has 2 nitrogen and oxygen atoms in total. The number of fused-ring (bicyclic) bond motifs is 2. The van der Waals surface area contributed by atoms with Crippen molar-refractivity contribution in [2.45, 2.75) is 56.6 Å². The van der Waals surface area contributed by atoms with Crippen molar-refractivity contribution >= 4 is 0 Å². The van der Waals surface area contributed by atoms with Crippen LogP contribution in [-0.2, 0) is 0 Å². The molecule has 2 heteroatoms. The Morgan fingerprint density at radius 1 is 1.33 bits per heavy atom. The lowest BCUT2D eigenvalue weighted by atomic mass is 9.62. The number of hydrogen-bond donors (Lipinski definition) is 2. The van der Waals surface area contributed by atoms with Gasteiger partial charge in [-0.05, 0) is 44.4 Å². The third-order valence-electron chi connectivity index (χ3n) is 3.48. The molecule has 2 fully saturated rings. The Morgan fingerprint density at radius 2 is 2.08 bits per heavy atom. The first-order chi connectivity index (χ1) is 5.52. The Bertz CT molecular complexity index is 176. The Balaban J connectivity index is 2.19. The molecular weight excluding hydrogens is 150 g/mol. The van der Waals surface area contributed by atoms with Crippen LogP contribution in [0.4, 0.5) is 0 Å². The second-order valence-electron chi connectivity index (χ2n) is 5.13. The summed E-state index contributed by atoms with van der Waals surface area (Å²) in [6.07, 6.45) is 6.10. The zero-order valence-electron chi connectivity index (χ0n) is 7.84. The monoisotopic (exact) mass is 169 g/mol. The predicted molar refractivity (Wildman–Crippen MR) is 48.7 cm³/mol. The Morgan fingerprint density at radius 3 is 2.75 bits per heavy atom. The minimum Gasteiger partial charge on any atom is -0.390 e. The van der Waals surface area contributed by atoms with E-state index in [1.54, 1.807) is 0 Å². The highest BCUT2D eigenvalue weighted by molar-refractivity contribution is 5.03. The topological polar surface area (TPSA) is 46.2 Å². The molecule has 0 spiro atoms. The van der Waals surface area contributed by atoms with E-state index in [1.165, 1.54) is 0 Å². The van der Waals surface area contributed by atoms with Gasteiger partial charge in [-0.15, -0.1) is 0 Å². The van der Waals surface area contributed by atoms with E-state index in [9.17, 15) is 5.11 Å². The summed E-state index contributed by atoms with van der Waals surface area (Å²) in [5, 5.41) is 10.2. The van der Waals surface area contributed by atoms with Crippen molar-refractivity contribution in [3.63, 3.8) is 0 Å². The highest BCUT2D eigenvalue weighted by atomic mass is 16.3. The van der Waals surface area contributed by atoms with Crippen molar-refractivity contribution < 1.29 is 5.11 Å². The first kappa shape index (κ1) is 8.52. The third-order valence-corrected chi connectivity index (χ3v) is 3.48. The van der Waals surface area contributed by atoms with Gasteiger partial charge in [0.2, 0.25) is 0 Å². The quantitative estimate of drug-likeness (QED) is 0.576. The second-order valence-corrected chi connectivity index (χ2v) is 5.13. The minimum absolute atomic E-state index is 0.0370. The first-order valence-corrected chi connectivity index (χ1v) is 5.03. The van der Waals surface area contributed by atoms with Crippen LogP contribution in [0.25, 0.3) is 0 Å². The van der Waals surface area contributed by atoms with Crippen molar-refractivity contribution in [1.29, 1.82) is 0 Å². The molecular formula is C10H19NO. The molecule has 0 aromatic heterocycles. The Hall–Kier alpha value is -0.0800. The maximum atomic E-state index is 10.2. The van der Waals surface area contributed by atoms with Crippen LogP contribution in [-0.4, -0.2) is 16.2 Å². The first-order valence-electron chi connectivity index (χ1n) is 5.03. The van der Waals surface area contributed by atoms with Crippen LogP contribution in [0, 0.1) is 5.92 Å². The zero-order valence-corrected chi connectivity index (χ0v) is 7.84. The van der Waals surface area contributed by atoms with Crippen LogP contribution in [0.3, 0.4) is 0 Å². The average Bonchev–Trinajstić information content (AvgIpc) is 1.79. The molecule has 12 heavy (non-hydrogen) atoms. The fourth-order valence-electron chi connectivity index (χ4n) is 3.36. The lowest BCUT2D eigenvalue weighted by Gasteiger charge is -2.50. The highest BCUT2D eigenvalue weighted by Crippen LogP contribution is 2.46. The summed E-state index contributed by atoms with van der Waals surface area (Å²) in [6.45, 7) is 2.21. The van der Waals surface area contributed by atoms with Gasteiger partial charge < -0.3 is 10.8 Å². The summed E-state index contributed by atoms with van der Waals surface area (Å²) in [5.41, 5.74) is 5.77.